The molecule has 0 aliphatic heterocycles. The van der Waals surface area contributed by atoms with Crippen LogP contribution in [0.3, 0.4) is 0 Å². The number of aromatic nitrogens is 3. The molecular formula is C29H19FN4O2S. The number of carbonyl (C=O) groups excluding carboxylic acids is 1. The van der Waals surface area contributed by atoms with E-state index in [9.17, 15) is 14.0 Å². The number of hydrogen-bond donors (Lipinski definition) is 0. The average molecular weight is 507 g/mol. The molecule has 6 aromatic rings. The van der Waals surface area contributed by atoms with Crippen LogP contribution < -0.4 is 5.56 Å². The molecule has 0 fully saturated rings. The van der Waals surface area contributed by atoms with Gasteiger partial charge in [-0.3, -0.25) is 9.59 Å². The van der Waals surface area contributed by atoms with Gasteiger partial charge in [-0.15, -0.1) is 11.3 Å². The summed E-state index contributed by atoms with van der Waals surface area (Å²) in [6, 6.07) is 20.8. The standard InChI is InChI=1S/C29H19FN4O2S/c1-18-22(24-9-5-6-14-33(24)26(18)27(35)20-10-12-21(30)13-11-20)15-32-34-17-31-28-25(29(34)36)23(16-37-28)19-7-3-2-4-8-19/h2-17H,1H3. The third-order valence-electron chi connectivity index (χ3n) is 6.33. The Bertz CT molecular complexity index is 1880. The molecule has 0 atom stereocenters. The normalized spacial score (nSPS) is 11.6. The summed E-state index contributed by atoms with van der Waals surface area (Å²) in [7, 11) is 0. The van der Waals surface area contributed by atoms with E-state index in [1.54, 1.807) is 16.8 Å². The highest BCUT2D eigenvalue weighted by atomic mass is 32.1. The highest BCUT2D eigenvalue weighted by Gasteiger charge is 2.21. The summed E-state index contributed by atoms with van der Waals surface area (Å²) < 4.78 is 16.4. The molecule has 6 rings (SSSR count). The summed E-state index contributed by atoms with van der Waals surface area (Å²) in [6.07, 6.45) is 4.79. The van der Waals surface area contributed by atoms with Crippen molar-refractivity contribution in [1.29, 1.82) is 0 Å². The number of pyridine rings is 1. The van der Waals surface area contributed by atoms with Gasteiger partial charge in [-0.2, -0.15) is 9.78 Å². The number of nitrogens with zero attached hydrogens (tertiary/aromatic N) is 4. The molecule has 0 saturated carbocycles. The molecule has 0 bridgehead atoms. The van der Waals surface area contributed by atoms with Gasteiger partial charge in [-0.1, -0.05) is 36.4 Å². The molecule has 4 aromatic heterocycles. The van der Waals surface area contributed by atoms with E-state index in [4.69, 9.17) is 0 Å². The average Bonchev–Trinajstić information content (AvgIpc) is 3.48. The number of ketones is 1. The second kappa shape index (κ2) is 9.07. The number of carbonyl (C=O) groups is 1. The van der Waals surface area contributed by atoms with E-state index in [1.807, 2.05) is 60.8 Å². The number of halogens is 1. The van der Waals surface area contributed by atoms with Gasteiger partial charge in [0.2, 0.25) is 5.78 Å². The smallest absolute Gasteiger partial charge is 0.283 e. The van der Waals surface area contributed by atoms with Crippen molar-refractivity contribution in [2.45, 2.75) is 6.92 Å². The molecule has 180 valence electrons. The number of rotatable bonds is 5. The van der Waals surface area contributed by atoms with E-state index in [-0.39, 0.29) is 11.3 Å². The number of thiophene rings is 1. The van der Waals surface area contributed by atoms with Crippen LogP contribution in [0.5, 0.6) is 0 Å². The summed E-state index contributed by atoms with van der Waals surface area (Å²) in [6.45, 7) is 1.84. The van der Waals surface area contributed by atoms with Crippen molar-refractivity contribution in [1.82, 2.24) is 14.1 Å². The van der Waals surface area contributed by atoms with Gasteiger partial charge in [0.1, 0.15) is 17.0 Å². The first-order valence-electron chi connectivity index (χ1n) is 11.5. The van der Waals surface area contributed by atoms with Gasteiger partial charge in [0, 0.05) is 28.3 Å². The van der Waals surface area contributed by atoms with Crippen molar-refractivity contribution in [3.05, 3.63) is 129 Å². The zero-order valence-corrected chi connectivity index (χ0v) is 20.4. The number of benzene rings is 2. The summed E-state index contributed by atoms with van der Waals surface area (Å²) in [5.74, 6) is -0.637. The van der Waals surface area contributed by atoms with E-state index < -0.39 is 5.82 Å². The molecule has 0 N–H and O–H groups in total. The van der Waals surface area contributed by atoms with Crippen LogP contribution in [0.2, 0.25) is 0 Å². The maximum absolute atomic E-state index is 13.4. The minimum absolute atomic E-state index is 0.232. The molecule has 37 heavy (non-hydrogen) atoms. The Morgan fingerprint density at radius 3 is 2.57 bits per heavy atom. The molecule has 8 heteroatoms. The van der Waals surface area contributed by atoms with Crippen molar-refractivity contribution < 1.29 is 9.18 Å². The van der Waals surface area contributed by atoms with Gasteiger partial charge in [0.15, 0.2) is 0 Å². The summed E-state index contributed by atoms with van der Waals surface area (Å²) in [4.78, 5) is 31.9. The first-order valence-corrected chi connectivity index (χ1v) is 12.4. The van der Waals surface area contributed by atoms with Crippen LogP contribution in [-0.2, 0) is 0 Å². The van der Waals surface area contributed by atoms with Gasteiger partial charge < -0.3 is 4.40 Å². The van der Waals surface area contributed by atoms with E-state index in [0.717, 1.165) is 16.6 Å². The van der Waals surface area contributed by atoms with Crippen molar-refractivity contribution in [2.75, 3.05) is 0 Å². The zero-order valence-electron chi connectivity index (χ0n) is 19.6. The lowest BCUT2D eigenvalue weighted by Crippen LogP contribution is -2.16. The van der Waals surface area contributed by atoms with Crippen LogP contribution in [0.15, 0.2) is 101 Å². The maximum Gasteiger partial charge on any atom is 0.283 e. The molecule has 0 amide bonds. The fraction of sp³-hybridized carbons (Fsp3) is 0.0345. The first-order chi connectivity index (χ1) is 18.0. The topological polar surface area (TPSA) is 68.7 Å². The largest absolute Gasteiger partial charge is 0.313 e. The predicted molar refractivity (Wildman–Crippen MR) is 144 cm³/mol. The Balaban J connectivity index is 1.46. The molecule has 0 aliphatic rings. The maximum atomic E-state index is 13.4. The molecule has 0 radical (unpaired) electrons. The van der Waals surface area contributed by atoms with Crippen LogP contribution in [0.25, 0.3) is 26.9 Å². The third kappa shape index (κ3) is 3.88. The van der Waals surface area contributed by atoms with Gasteiger partial charge >= 0.3 is 0 Å². The van der Waals surface area contributed by atoms with Crippen LogP contribution >= 0.6 is 11.3 Å². The monoisotopic (exact) mass is 506 g/mol. The summed E-state index contributed by atoms with van der Waals surface area (Å²) in [5.41, 5.74) is 4.48. The van der Waals surface area contributed by atoms with Crippen molar-refractivity contribution in [3.8, 4) is 11.1 Å². The lowest BCUT2D eigenvalue weighted by atomic mass is 10.0. The van der Waals surface area contributed by atoms with Crippen LogP contribution in [0.4, 0.5) is 4.39 Å². The van der Waals surface area contributed by atoms with Gasteiger partial charge in [0.25, 0.3) is 5.56 Å². The SMILES string of the molecule is Cc1c(C=Nn2cnc3scc(-c4ccccc4)c3c2=O)c2ccccn2c1C(=O)c1ccc(F)cc1. The van der Waals surface area contributed by atoms with Crippen LogP contribution in [0.1, 0.15) is 27.2 Å². The Labute approximate surface area is 214 Å². The van der Waals surface area contributed by atoms with E-state index in [2.05, 4.69) is 10.1 Å². The quantitative estimate of drug-likeness (QED) is 0.215. The van der Waals surface area contributed by atoms with Crippen molar-refractivity contribution >= 4 is 39.1 Å². The molecule has 0 spiro atoms. The highest BCUT2D eigenvalue weighted by molar-refractivity contribution is 7.17. The second-order valence-electron chi connectivity index (χ2n) is 8.51. The molecule has 0 saturated heterocycles. The zero-order chi connectivity index (χ0) is 25.5. The Morgan fingerprint density at radius 2 is 1.78 bits per heavy atom. The summed E-state index contributed by atoms with van der Waals surface area (Å²) in [5, 5.41) is 6.90. The van der Waals surface area contributed by atoms with Crippen LogP contribution in [-0.4, -0.2) is 26.1 Å². The van der Waals surface area contributed by atoms with E-state index in [1.165, 1.54) is 46.6 Å². The van der Waals surface area contributed by atoms with E-state index in [0.29, 0.717) is 32.6 Å². The molecule has 2 aromatic carbocycles. The summed E-state index contributed by atoms with van der Waals surface area (Å²) >= 11 is 1.42. The van der Waals surface area contributed by atoms with E-state index >= 15 is 0 Å². The van der Waals surface area contributed by atoms with Gasteiger partial charge in [-0.05, 0) is 54.4 Å². The minimum atomic E-state index is -0.404. The molecule has 0 unspecified atom stereocenters. The molecule has 0 aliphatic carbocycles. The minimum Gasteiger partial charge on any atom is -0.313 e. The lowest BCUT2D eigenvalue weighted by Gasteiger charge is -2.04. The third-order valence-corrected chi connectivity index (χ3v) is 7.22. The van der Waals surface area contributed by atoms with Gasteiger partial charge in [0.05, 0.1) is 22.8 Å². The molecular weight excluding hydrogens is 487 g/mol. The Kier molecular flexibility index (Phi) is 5.58. The van der Waals surface area contributed by atoms with Crippen LogP contribution in [0, 0.1) is 12.7 Å². The fourth-order valence-corrected chi connectivity index (χ4v) is 5.40. The second-order valence-corrected chi connectivity index (χ2v) is 9.37. The first kappa shape index (κ1) is 22.8. The van der Waals surface area contributed by atoms with Crippen molar-refractivity contribution in [2.24, 2.45) is 5.10 Å². The lowest BCUT2D eigenvalue weighted by molar-refractivity contribution is 0.103. The Hall–Kier alpha value is -4.69. The van der Waals surface area contributed by atoms with Crippen molar-refractivity contribution in [3.63, 3.8) is 0 Å². The highest BCUT2D eigenvalue weighted by Crippen LogP contribution is 2.30. The molecule has 6 nitrogen and oxygen atoms in total. The molecule has 4 heterocycles. The number of hydrogen-bond acceptors (Lipinski definition) is 5. The number of fused-ring (bicyclic) bond motifs is 2. The van der Waals surface area contributed by atoms with Gasteiger partial charge in [-0.25, -0.2) is 9.37 Å². The predicted octanol–water partition coefficient (Wildman–Crippen LogP) is 5.94. The Morgan fingerprint density at radius 1 is 1.03 bits per heavy atom. The fourth-order valence-electron chi connectivity index (χ4n) is 4.49.